The second-order valence-electron chi connectivity index (χ2n) is 4.65. The third-order valence-corrected chi connectivity index (χ3v) is 3.45. The van der Waals surface area contributed by atoms with Crippen LogP contribution in [0.2, 0.25) is 5.02 Å². The largest absolute Gasteiger partial charge is 0.394 e. The van der Waals surface area contributed by atoms with Gasteiger partial charge in [0.1, 0.15) is 0 Å². The molecule has 1 aliphatic carbocycles. The van der Waals surface area contributed by atoms with Crippen molar-refractivity contribution in [1.29, 1.82) is 0 Å². The standard InChI is InChI=1S/C13H16ClNO2/c1-9(8-16)15-12(17)13(5-6-13)10-3-2-4-11(14)7-10/h2-4,7,9,16H,5-6,8H2,1H3,(H,15,17)/t9-/m1/s1. The predicted molar refractivity (Wildman–Crippen MR) is 67.1 cm³/mol. The summed E-state index contributed by atoms with van der Waals surface area (Å²) in [5.74, 6) is -0.0127. The average Bonchev–Trinajstić information content (AvgIpc) is 3.10. The van der Waals surface area contributed by atoms with Gasteiger partial charge in [-0.2, -0.15) is 0 Å². The molecule has 92 valence electrons. The molecule has 1 aromatic rings. The molecule has 0 radical (unpaired) electrons. The highest BCUT2D eigenvalue weighted by Gasteiger charge is 2.51. The topological polar surface area (TPSA) is 49.3 Å². The van der Waals surface area contributed by atoms with Gasteiger partial charge < -0.3 is 10.4 Å². The Kier molecular flexibility index (Phi) is 3.40. The van der Waals surface area contributed by atoms with Crippen molar-refractivity contribution in [2.24, 2.45) is 0 Å². The van der Waals surface area contributed by atoms with E-state index in [1.54, 1.807) is 13.0 Å². The summed E-state index contributed by atoms with van der Waals surface area (Å²) in [6.45, 7) is 1.74. The van der Waals surface area contributed by atoms with Crippen molar-refractivity contribution in [2.45, 2.75) is 31.2 Å². The molecule has 1 aliphatic rings. The van der Waals surface area contributed by atoms with Gasteiger partial charge in [-0.25, -0.2) is 0 Å². The molecule has 17 heavy (non-hydrogen) atoms. The number of hydrogen-bond acceptors (Lipinski definition) is 2. The third kappa shape index (κ3) is 2.45. The minimum absolute atomic E-state index is 0.0127. The van der Waals surface area contributed by atoms with E-state index in [1.807, 2.05) is 18.2 Å². The maximum absolute atomic E-state index is 12.1. The number of amides is 1. The highest BCUT2D eigenvalue weighted by Crippen LogP contribution is 2.48. The Labute approximate surface area is 106 Å². The number of aliphatic hydroxyl groups excluding tert-OH is 1. The van der Waals surface area contributed by atoms with Crippen LogP contribution in [0.4, 0.5) is 0 Å². The Morgan fingerprint density at radius 3 is 2.82 bits per heavy atom. The predicted octanol–water partition coefficient (Wildman–Crippen LogP) is 1.87. The molecule has 3 nitrogen and oxygen atoms in total. The summed E-state index contributed by atoms with van der Waals surface area (Å²) in [6.07, 6.45) is 1.69. The van der Waals surface area contributed by atoms with Crippen LogP contribution >= 0.6 is 11.6 Å². The molecule has 2 N–H and O–H groups in total. The molecular formula is C13H16ClNO2. The van der Waals surface area contributed by atoms with Crippen molar-refractivity contribution in [3.63, 3.8) is 0 Å². The molecule has 0 bridgehead atoms. The van der Waals surface area contributed by atoms with E-state index in [2.05, 4.69) is 5.32 Å². The zero-order chi connectivity index (χ0) is 12.5. The van der Waals surface area contributed by atoms with Crippen molar-refractivity contribution in [3.05, 3.63) is 34.9 Å². The first kappa shape index (κ1) is 12.4. The Morgan fingerprint density at radius 2 is 2.29 bits per heavy atom. The average molecular weight is 254 g/mol. The lowest BCUT2D eigenvalue weighted by atomic mass is 9.95. The molecule has 1 saturated carbocycles. The van der Waals surface area contributed by atoms with Crippen LogP contribution in [0.3, 0.4) is 0 Å². The molecular weight excluding hydrogens is 238 g/mol. The van der Waals surface area contributed by atoms with Gasteiger partial charge in [-0.15, -0.1) is 0 Å². The van der Waals surface area contributed by atoms with Gasteiger partial charge in [0.25, 0.3) is 0 Å². The molecule has 0 unspecified atom stereocenters. The lowest BCUT2D eigenvalue weighted by molar-refractivity contribution is -0.124. The van der Waals surface area contributed by atoms with E-state index in [0.717, 1.165) is 18.4 Å². The molecule has 1 atom stereocenters. The number of rotatable bonds is 4. The fraction of sp³-hybridized carbons (Fsp3) is 0.462. The van der Waals surface area contributed by atoms with Gasteiger partial charge in [0.2, 0.25) is 5.91 Å². The van der Waals surface area contributed by atoms with Gasteiger partial charge in [-0.3, -0.25) is 4.79 Å². The van der Waals surface area contributed by atoms with Crippen molar-refractivity contribution in [1.82, 2.24) is 5.32 Å². The molecule has 0 aromatic heterocycles. The van der Waals surface area contributed by atoms with Crippen molar-refractivity contribution >= 4 is 17.5 Å². The zero-order valence-corrected chi connectivity index (χ0v) is 10.5. The number of carbonyl (C=O) groups excluding carboxylic acids is 1. The van der Waals surface area contributed by atoms with E-state index in [-0.39, 0.29) is 18.6 Å². The van der Waals surface area contributed by atoms with Crippen LogP contribution < -0.4 is 5.32 Å². The SMILES string of the molecule is C[C@H](CO)NC(=O)C1(c2cccc(Cl)c2)CC1. The number of halogens is 1. The van der Waals surface area contributed by atoms with E-state index in [9.17, 15) is 4.79 Å². The van der Waals surface area contributed by atoms with Gasteiger partial charge in [0, 0.05) is 11.1 Å². The second-order valence-corrected chi connectivity index (χ2v) is 5.09. The number of nitrogens with one attached hydrogen (secondary N) is 1. The van der Waals surface area contributed by atoms with Crippen LogP contribution in [-0.4, -0.2) is 23.7 Å². The summed E-state index contributed by atoms with van der Waals surface area (Å²) in [5.41, 5.74) is 0.543. The van der Waals surface area contributed by atoms with E-state index in [4.69, 9.17) is 16.7 Å². The fourth-order valence-electron chi connectivity index (χ4n) is 1.97. The van der Waals surface area contributed by atoms with Gasteiger partial charge in [-0.05, 0) is 37.5 Å². The van der Waals surface area contributed by atoms with Crippen LogP contribution in [0.25, 0.3) is 0 Å². The molecule has 0 heterocycles. The summed E-state index contributed by atoms with van der Waals surface area (Å²) in [4.78, 5) is 12.1. The Bertz CT molecular complexity index is 429. The Hall–Kier alpha value is -1.06. The van der Waals surface area contributed by atoms with Gasteiger partial charge in [0.15, 0.2) is 0 Å². The van der Waals surface area contributed by atoms with Gasteiger partial charge in [0.05, 0.1) is 12.0 Å². The number of benzene rings is 1. The molecule has 4 heteroatoms. The number of carbonyl (C=O) groups is 1. The van der Waals surface area contributed by atoms with Crippen LogP contribution in [0.5, 0.6) is 0 Å². The Morgan fingerprint density at radius 1 is 1.59 bits per heavy atom. The van der Waals surface area contributed by atoms with Gasteiger partial charge in [-0.1, -0.05) is 23.7 Å². The fourth-order valence-corrected chi connectivity index (χ4v) is 2.16. The molecule has 1 amide bonds. The third-order valence-electron chi connectivity index (χ3n) is 3.21. The number of aliphatic hydroxyl groups is 1. The highest BCUT2D eigenvalue weighted by atomic mass is 35.5. The smallest absolute Gasteiger partial charge is 0.230 e. The van der Waals surface area contributed by atoms with Crippen molar-refractivity contribution in [3.8, 4) is 0 Å². The summed E-state index contributed by atoms with van der Waals surface area (Å²) in [6, 6.07) is 7.23. The van der Waals surface area contributed by atoms with Gasteiger partial charge >= 0.3 is 0 Å². The molecule has 1 aromatic carbocycles. The first-order valence-electron chi connectivity index (χ1n) is 5.76. The quantitative estimate of drug-likeness (QED) is 0.861. The monoisotopic (exact) mass is 253 g/mol. The van der Waals surface area contributed by atoms with Crippen molar-refractivity contribution in [2.75, 3.05) is 6.61 Å². The first-order valence-corrected chi connectivity index (χ1v) is 6.14. The zero-order valence-electron chi connectivity index (χ0n) is 9.74. The molecule has 1 fully saturated rings. The second kappa shape index (κ2) is 4.67. The van der Waals surface area contributed by atoms with Crippen LogP contribution in [0, 0.1) is 0 Å². The number of hydrogen-bond donors (Lipinski definition) is 2. The molecule has 0 spiro atoms. The summed E-state index contributed by atoms with van der Waals surface area (Å²) in [7, 11) is 0. The Balaban J connectivity index is 2.17. The molecule has 2 rings (SSSR count). The highest BCUT2D eigenvalue weighted by molar-refractivity contribution is 6.30. The first-order chi connectivity index (χ1) is 8.08. The maximum atomic E-state index is 12.1. The minimum Gasteiger partial charge on any atom is -0.394 e. The van der Waals surface area contributed by atoms with E-state index < -0.39 is 5.41 Å². The molecule has 0 aliphatic heterocycles. The molecule has 0 saturated heterocycles. The van der Waals surface area contributed by atoms with Crippen LogP contribution in [-0.2, 0) is 10.2 Å². The summed E-state index contributed by atoms with van der Waals surface area (Å²) < 4.78 is 0. The van der Waals surface area contributed by atoms with E-state index in [0.29, 0.717) is 5.02 Å². The summed E-state index contributed by atoms with van der Waals surface area (Å²) in [5, 5.41) is 12.4. The lowest BCUT2D eigenvalue weighted by Crippen LogP contribution is -2.41. The maximum Gasteiger partial charge on any atom is 0.230 e. The van der Waals surface area contributed by atoms with E-state index >= 15 is 0 Å². The van der Waals surface area contributed by atoms with Crippen LogP contribution in [0.15, 0.2) is 24.3 Å². The lowest BCUT2D eigenvalue weighted by Gasteiger charge is -2.18. The minimum atomic E-state index is -0.422. The summed E-state index contributed by atoms with van der Waals surface area (Å²) >= 11 is 5.94. The normalized spacial score (nSPS) is 18.5. The van der Waals surface area contributed by atoms with Crippen molar-refractivity contribution < 1.29 is 9.90 Å². The van der Waals surface area contributed by atoms with E-state index in [1.165, 1.54) is 0 Å². The van der Waals surface area contributed by atoms with Crippen LogP contribution in [0.1, 0.15) is 25.3 Å².